The van der Waals surface area contributed by atoms with Crippen LogP contribution in [0.15, 0.2) is 12.1 Å². The molecule has 1 aromatic heterocycles. The van der Waals surface area contributed by atoms with E-state index in [1.54, 1.807) is 4.90 Å². The first kappa shape index (κ1) is 12.1. The monoisotopic (exact) mass is 255 g/mol. The number of nitrogens with zero attached hydrogens (tertiary/aromatic N) is 1. The van der Waals surface area contributed by atoms with E-state index in [9.17, 15) is 9.59 Å². The Morgan fingerprint density at radius 1 is 1.41 bits per heavy atom. The number of carbonyl (C=O) groups excluding carboxylic acids is 1. The predicted octanol–water partition coefficient (Wildman–Crippen LogP) is 1.04. The van der Waals surface area contributed by atoms with Crippen LogP contribution in [-0.2, 0) is 0 Å². The number of likely N-dealkylation sites (tertiary alicyclic amines) is 1. The van der Waals surface area contributed by atoms with Gasteiger partial charge in [0.1, 0.15) is 4.88 Å². The zero-order chi connectivity index (χ0) is 12.4. The largest absolute Gasteiger partial charge is 0.477 e. The Hall–Kier alpha value is -1.40. The minimum Gasteiger partial charge on any atom is -0.477 e. The average molecular weight is 255 g/mol. The fourth-order valence-electron chi connectivity index (χ4n) is 2.00. The number of carboxylic acid groups (broad SMARTS) is 1. The van der Waals surface area contributed by atoms with Crippen molar-refractivity contribution in [3.63, 3.8) is 0 Å². The molecule has 2 N–H and O–H groups in total. The fraction of sp³-hybridized carbons (Fsp3) is 0.455. The summed E-state index contributed by atoms with van der Waals surface area (Å²) >= 11 is 0.976. The third-order valence-corrected chi connectivity index (χ3v) is 3.94. The minimum atomic E-state index is -1.02. The summed E-state index contributed by atoms with van der Waals surface area (Å²) in [4.78, 5) is 25.0. The van der Waals surface area contributed by atoms with Gasteiger partial charge in [0.15, 0.2) is 0 Å². The Morgan fingerprint density at radius 3 is 2.71 bits per heavy atom. The van der Waals surface area contributed by atoms with Crippen LogP contribution in [0.5, 0.6) is 0 Å². The van der Waals surface area contributed by atoms with Crippen molar-refractivity contribution in [1.29, 1.82) is 0 Å². The summed E-state index contributed by atoms with van der Waals surface area (Å²) in [6.07, 6.45) is 1.69. The maximum absolute atomic E-state index is 12.1. The molecule has 6 heteroatoms. The molecule has 1 aliphatic rings. The molecule has 0 aliphatic carbocycles. The molecule has 17 heavy (non-hydrogen) atoms. The lowest BCUT2D eigenvalue weighted by molar-refractivity contribution is 0.0680. The van der Waals surface area contributed by atoms with Crippen molar-refractivity contribution in [3.8, 4) is 0 Å². The van der Waals surface area contributed by atoms with Crippen LogP contribution in [0.3, 0.4) is 0 Å². The molecular weight excluding hydrogens is 242 g/mol. The summed E-state index contributed by atoms with van der Waals surface area (Å²) in [5.74, 6) is -1.20. The van der Waals surface area contributed by atoms with Gasteiger partial charge in [-0.3, -0.25) is 4.79 Å². The van der Waals surface area contributed by atoms with Crippen LogP contribution in [0.4, 0.5) is 0 Å². The molecule has 1 aliphatic heterocycles. The molecular formula is C11H13NO4S. The standard InChI is InChI=1S/C11H13NO4S/c13-6-7-2-1-5-12(7)10(14)8-3-4-9(17-8)11(15)16/h3-4,7,13H,1-2,5-6H2,(H,15,16). The number of aliphatic hydroxyl groups is 1. The lowest BCUT2D eigenvalue weighted by Gasteiger charge is -2.22. The van der Waals surface area contributed by atoms with Crippen LogP contribution in [0.25, 0.3) is 0 Å². The van der Waals surface area contributed by atoms with Gasteiger partial charge in [0.25, 0.3) is 5.91 Å². The van der Waals surface area contributed by atoms with Crippen molar-refractivity contribution < 1.29 is 19.8 Å². The van der Waals surface area contributed by atoms with Gasteiger partial charge in [-0.15, -0.1) is 11.3 Å². The number of thiophene rings is 1. The first-order chi connectivity index (χ1) is 8.13. The van der Waals surface area contributed by atoms with E-state index in [1.807, 2.05) is 0 Å². The van der Waals surface area contributed by atoms with Gasteiger partial charge >= 0.3 is 5.97 Å². The molecule has 2 rings (SSSR count). The first-order valence-corrected chi connectivity index (χ1v) is 6.20. The third-order valence-electron chi connectivity index (χ3n) is 2.88. The molecule has 92 valence electrons. The molecule has 5 nitrogen and oxygen atoms in total. The first-order valence-electron chi connectivity index (χ1n) is 5.38. The molecule has 0 spiro atoms. The molecule has 2 heterocycles. The van der Waals surface area contributed by atoms with E-state index >= 15 is 0 Å². The van der Waals surface area contributed by atoms with Crippen LogP contribution >= 0.6 is 11.3 Å². The van der Waals surface area contributed by atoms with Gasteiger partial charge in [-0.2, -0.15) is 0 Å². The van der Waals surface area contributed by atoms with Gasteiger partial charge in [-0.25, -0.2) is 4.79 Å². The summed E-state index contributed by atoms with van der Waals surface area (Å²) in [6.45, 7) is 0.591. The van der Waals surface area contributed by atoms with Crippen molar-refractivity contribution >= 4 is 23.2 Å². The maximum atomic E-state index is 12.1. The summed E-state index contributed by atoms with van der Waals surface area (Å²) < 4.78 is 0. The van der Waals surface area contributed by atoms with Gasteiger partial charge in [0, 0.05) is 6.54 Å². The second kappa shape index (κ2) is 4.85. The summed E-state index contributed by atoms with van der Waals surface area (Å²) in [5.41, 5.74) is 0. The van der Waals surface area contributed by atoms with E-state index in [1.165, 1.54) is 12.1 Å². The van der Waals surface area contributed by atoms with Crippen molar-refractivity contribution in [2.24, 2.45) is 0 Å². The number of aliphatic hydroxyl groups excluding tert-OH is 1. The molecule has 1 saturated heterocycles. The molecule has 1 atom stereocenters. The molecule has 1 amide bonds. The SMILES string of the molecule is O=C(O)c1ccc(C(=O)N2CCCC2CO)s1. The highest BCUT2D eigenvalue weighted by Gasteiger charge is 2.29. The Morgan fingerprint density at radius 2 is 2.12 bits per heavy atom. The summed E-state index contributed by atoms with van der Waals surface area (Å²) in [6, 6.07) is 2.84. The lowest BCUT2D eigenvalue weighted by Crippen LogP contribution is -2.37. The van der Waals surface area contributed by atoms with Crippen LogP contribution in [0, 0.1) is 0 Å². The van der Waals surface area contributed by atoms with Crippen molar-refractivity contribution in [2.45, 2.75) is 18.9 Å². The number of carbonyl (C=O) groups is 2. The van der Waals surface area contributed by atoms with E-state index in [2.05, 4.69) is 0 Å². The smallest absolute Gasteiger partial charge is 0.345 e. The normalized spacial score (nSPS) is 19.6. The van der Waals surface area contributed by atoms with Gasteiger partial charge in [-0.1, -0.05) is 0 Å². The fourth-order valence-corrected chi connectivity index (χ4v) is 2.80. The van der Waals surface area contributed by atoms with Gasteiger partial charge in [0.05, 0.1) is 17.5 Å². The van der Waals surface area contributed by atoms with E-state index in [4.69, 9.17) is 10.2 Å². The molecule has 0 saturated carbocycles. The molecule has 0 aromatic carbocycles. The molecule has 0 bridgehead atoms. The second-order valence-electron chi connectivity index (χ2n) is 3.95. The number of carboxylic acids is 1. The summed E-state index contributed by atoms with van der Waals surface area (Å²) in [7, 11) is 0. The van der Waals surface area contributed by atoms with Gasteiger partial charge in [-0.05, 0) is 25.0 Å². The quantitative estimate of drug-likeness (QED) is 0.846. The highest BCUT2D eigenvalue weighted by molar-refractivity contribution is 7.15. The minimum absolute atomic E-state index is 0.0388. The van der Waals surface area contributed by atoms with Crippen LogP contribution in [-0.4, -0.2) is 46.2 Å². The van der Waals surface area contributed by atoms with E-state index in [0.717, 1.165) is 24.2 Å². The number of hydrogen-bond donors (Lipinski definition) is 2. The second-order valence-corrected chi connectivity index (χ2v) is 5.03. The van der Waals surface area contributed by atoms with Crippen molar-refractivity contribution in [2.75, 3.05) is 13.2 Å². The van der Waals surface area contributed by atoms with E-state index < -0.39 is 5.97 Å². The number of amides is 1. The third kappa shape index (κ3) is 2.32. The van der Waals surface area contributed by atoms with Crippen LogP contribution in [0.2, 0.25) is 0 Å². The number of hydrogen-bond acceptors (Lipinski definition) is 4. The highest BCUT2D eigenvalue weighted by Crippen LogP contribution is 2.23. The van der Waals surface area contributed by atoms with E-state index in [-0.39, 0.29) is 23.4 Å². The topological polar surface area (TPSA) is 77.8 Å². The van der Waals surface area contributed by atoms with Gasteiger partial charge in [0.2, 0.25) is 0 Å². The maximum Gasteiger partial charge on any atom is 0.345 e. The van der Waals surface area contributed by atoms with Crippen LogP contribution in [0.1, 0.15) is 32.2 Å². The van der Waals surface area contributed by atoms with E-state index in [0.29, 0.717) is 11.4 Å². The van der Waals surface area contributed by atoms with Crippen molar-refractivity contribution in [1.82, 2.24) is 4.90 Å². The average Bonchev–Trinajstić information content (AvgIpc) is 2.96. The molecule has 1 fully saturated rings. The zero-order valence-corrected chi connectivity index (χ0v) is 9.94. The Balaban J connectivity index is 2.16. The predicted molar refractivity (Wildman–Crippen MR) is 62.4 cm³/mol. The molecule has 1 aromatic rings. The zero-order valence-electron chi connectivity index (χ0n) is 9.13. The number of aromatic carboxylic acids is 1. The highest BCUT2D eigenvalue weighted by atomic mass is 32.1. The lowest BCUT2D eigenvalue weighted by atomic mass is 10.2. The Bertz CT molecular complexity index is 442. The van der Waals surface area contributed by atoms with Crippen molar-refractivity contribution in [3.05, 3.63) is 21.9 Å². The van der Waals surface area contributed by atoms with Crippen LogP contribution < -0.4 is 0 Å². The number of rotatable bonds is 3. The van der Waals surface area contributed by atoms with Gasteiger partial charge < -0.3 is 15.1 Å². The summed E-state index contributed by atoms with van der Waals surface area (Å²) in [5, 5.41) is 17.9. The Labute approximate surface area is 102 Å². The molecule has 1 unspecified atom stereocenters. The molecule has 0 radical (unpaired) electrons. The Kier molecular flexibility index (Phi) is 3.44.